The Labute approximate surface area is 96.2 Å². The number of nitrogens with two attached hydrogens (primary N) is 1. The van der Waals surface area contributed by atoms with Crippen molar-refractivity contribution in [2.45, 2.75) is 25.3 Å². The van der Waals surface area contributed by atoms with Crippen LogP contribution in [0.1, 0.15) is 30.0 Å². The lowest BCUT2D eigenvalue weighted by Gasteiger charge is -2.19. The summed E-state index contributed by atoms with van der Waals surface area (Å²) >= 11 is 4.20. The van der Waals surface area contributed by atoms with Crippen LogP contribution in [-0.4, -0.2) is 12.4 Å². The topological polar surface area (TPSA) is 35.2 Å². The molecule has 1 aliphatic heterocycles. The van der Waals surface area contributed by atoms with Crippen molar-refractivity contribution in [1.29, 1.82) is 0 Å². The summed E-state index contributed by atoms with van der Waals surface area (Å²) in [7, 11) is 0. The van der Waals surface area contributed by atoms with Gasteiger partial charge in [0.15, 0.2) is 0 Å². The molecule has 0 spiro atoms. The molecule has 0 radical (unpaired) electrons. The van der Waals surface area contributed by atoms with Crippen LogP contribution in [0.3, 0.4) is 0 Å². The molecule has 1 aromatic rings. The maximum Gasteiger partial charge on any atom is 0.122 e. The quantitative estimate of drug-likeness (QED) is 0.771. The van der Waals surface area contributed by atoms with Crippen molar-refractivity contribution in [1.82, 2.24) is 0 Å². The van der Waals surface area contributed by atoms with E-state index in [1.165, 1.54) is 11.1 Å². The van der Waals surface area contributed by atoms with Crippen molar-refractivity contribution < 1.29 is 4.74 Å². The zero-order valence-electron chi connectivity index (χ0n) is 8.78. The molecule has 1 aromatic carbocycles. The first-order chi connectivity index (χ1) is 7.31. The number of benzene rings is 1. The number of fused-ring (bicyclic) bond motifs is 1. The summed E-state index contributed by atoms with van der Waals surface area (Å²) in [6.45, 7) is 0.842. The van der Waals surface area contributed by atoms with Crippen LogP contribution in [0.25, 0.3) is 0 Å². The minimum Gasteiger partial charge on any atom is -0.493 e. The molecule has 3 heteroatoms. The molecule has 82 valence electrons. The third kappa shape index (κ3) is 2.47. The Bertz CT molecular complexity index is 340. The van der Waals surface area contributed by atoms with Crippen molar-refractivity contribution in [3.05, 3.63) is 29.3 Å². The van der Waals surface area contributed by atoms with Gasteiger partial charge >= 0.3 is 0 Å². The number of rotatable bonds is 3. The average molecular weight is 223 g/mol. The fourth-order valence-electron chi connectivity index (χ4n) is 1.92. The van der Waals surface area contributed by atoms with Crippen molar-refractivity contribution in [2.24, 2.45) is 5.73 Å². The Balaban J connectivity index is 2.20. The summed E-state index contributed by atoms with van der Waals surface area (Å²) in [5.41, 5.74) is 8.55. The van der Waals surface area contributed by atoms with Gasteiger partial charge in [0, 0.05) is 6.04 Å². The third-order valence-electron chi connectivity index (χ3n) is 2.80. The van der Waals surface area contributed by atoms with E-state index in [-0.39, 0.29) is 6.04 Å². The van der Waals surface area contributed by atoms with Gasteiger partial charge in [-0.1, -0.05) is 12.1 Å². The Morgan fingerprint density at radius 2 is 2.33 bits per heavy atom. The summed E-state index contributed by atoms with van der Waals surface area (Å²) in [5, 5.41) is 0. The van der Waals surface area contributed by atoms with Crippen LogP contribution < -0.4 is 10.5 Å². The Kier molecular flexibility index (Phi) is 3.54. The van der Waals surface area contributed by atoms with Crippen LogP contribution in [0, 0.1) is 0 Å². The third-order valence-corrected chi connectivity index (χ3v) is 3.06. The average Bonchev–Trinajstić information content (AvgIpc) is 2.29. The summed E-state index contributed by atoms with van der Waals surface area (Å²) in [4.78, 5) is 0. The molecule has 0 saturated carbocycles. The second-order valence-corrected chi connectivity index (χ2v) is 4.39. The zero-order valence-corrected chi connectivity index (χ0v) is 9.67. The molecule has 0 bridgehead atoms. The van der Waals surface area contributed by atoms with Crippen LogP contribution in [0.2, 0.25) is 0 Å². The van der Waals surface area contributed by atoms with Crippen molar-refractivity contribution in [3.8, 4) is 5.75 Å². The summed E-state index contributed by atoms with van der Waals surface area (Å²) < 4.78 is 5.56. The zero-order chi connectivity index (χ0) is 10.7. The van der Waals surface area contributed by atoms with Crippen molar-refractivity contribution >= 4 is 12.6 Å². The van der Waals surface area contributed by atoms with Gasteiger partial charge in [-0.15, -0.1) is 0 Å². The first-order valence-electron chi connectivity index (χ1n) is 5.43. The van der Waals surface area contributed by atoms with E-state index in [2.05, 4.69) is 24.8 Å². The molecule has 2 N–H and O–H groups in total. The minimum atomic E-state index is 0.106. The second kappa shape index (κ2) is 4.90. The van der Waals surface area contributed by atoms with E-state index in [0.717, 1.165) is 37.4 Å². The Morgan fingerprint density at radius 3 is 3.13 bits per heavy atom. The first kappa shape index (κ1) is 10.8. The van der Waals surface area contributed by atoms with Gasteiger partial charge in [0.05, 0.1) is 6.61 Å². The minimum absolute atomic E-state index is 0.106. The number of hydrogen-bond donors (Lipinski definition) is 2. The molecule has 0 fully saturated rings. The van der Waals surface area contributed by atoms with Crippen LogP contribution in [-0.2, 0) is 6.42 Å². The highest BCUT2D eigenvalue weighted by molar-refractivity contribution is 7.80. The SMILES string of the molecule is NC(CCS)c1ccc2c(c1)CCCO2. The molecule has 0 aliphatic carbocycles. The molecule has 2 nitrogen and oxygen atoms in total. The van der Waals surface area contributed by atoms with E-state index < -0.39 is 0 Å². The lowest BCUT2D eigenvalue weighted by Crippen LogP contribution is -2.13. The summed E-state index contributed by atoms with van der Waals surface area (Å²) in [6, 6.07) is 6.40. The molecule has 1 atom stereocenters. The highest BCUT2D eigenvalue weighted by atomic mass is 32.1. The largest absolute Gasteiger partial charge is 0.493 e. The van der Waals surface area contributed by atoms with Gasteiger partial charge in [-0.05, 0) is 42.2 Å². The van der Waals surface area contributed by atoms with Gasteiger partial charge in [0.25, 0.3) is 0 Å². The van der Waals surface area contributed by atoms with Gasteiger partial charge < -0.3 is 10.5 Å². The van der Waals surface area contributed by atoms with Gasteiger partial charge in [0.1, 0.15) is 5.75 Å². The fourth-order valence-corrected chi connectivity index (χ4v) is 2.19. The number of hydrogen-bond acceptors (Lipinski definition) is 3. The Morgan fingerprint density at radius 1 is 1.47 bits per heavy atom. The normalized spacial score (nSPS) is 16.7. The van der Waals surface area contributed by atoms with E-state index in [0.29, 0.717) is 0 Å². The van der Waals surface area contributed by atoms with Crippen LogP contribution in [0.5, 0.6) is 5.75 Å². The highest BCUT2D eigenvalue weighted by Crippen LogP contribution is 2.28. The number of thiol groups is 1. The van der Waals surface area contributed by atoms with E-state index in [1.807, 2.05) is 6.07 Å². The van der Waals surface area contributed by atoms with Gasteiger partial charge in [-0.25, -0.2) is 0 Å². The van der Waals surface area contributed by atoms with Crippen LogP contribution in [0.4, 0.5) is 0 Å². The summed E-state index contributed by atoms with van der Waals surface area (Å²) in [6.07, 6.45) is 3.14. The molecule has 0 saturated heterocycles. The molecule has 1 heterocycles. The predicted octanol–water partition coefficient (Wildman–Crippen LogP) is 2.33. The smallest absolute Gasteiger partial charge is 0.122 e. The lowest BCUT2D eigenvalue weighted by molar-refractivity contribution is 0.288. The predicted molar refractivity (Wildman–Crippen MR) is 65.7 cm³/mol. The fraction of sp³-hybridized carbons (Fsp3) is 0.500. The van der Waals surface area contributed by atoms with Crippen LogP contribution >= 0.6 is 12.6 Å². The van der Waals surface area contributed by atoms with Crippen LogP contribution in [0.15, 0.2) is 18.2 Å². The number of aryl methyl sites for hydroxylation is 1. The molecule has 2 rings (SSSR count). The highest BCUT2D eigenvalue weighted by Gasteiger charge is 2.12. The maximum absolute atomic E-state index is 6.05. The van der Waals surface area contributed by atoms with E-state index >= 15 is 0 Å². The standard InChI is InChI=1S/C12H17NOS/c13-11(5-7-15)9-3-4-12-10(8-9)2-1-6-14-12/h3-4,8,11,15H,1-2,5-7,13H2. The lowest BCUT2D eigenvalue weighted by atomic mass is 9.98. The molecule has 1 unspecified atom stereocenters. The monoisotopic (exact) mass is 223 g/mol. The van der Waals surface area contributed by atoms with Gasteiger partial charge in [0.2, 0.25) is 0 Å². The van der Waals surface area contributed by atoms with Crippen molar-refractivity contribution in [2.75, 3.05) is 12.4 Å². The van der Waals surface area contributed by atoms with E-state index in [1.54, 1.807) is 0 Å². The Hall–Kier alpha value is -0.670. The summed E-state index contributed by atoms with van der Waals surface area (Å²) in [5.74, 6) is 1.86. The number of ether oxygens (including phenoxy) is 1. The second-order valence-electron chi connectivity index (χ2n) is 3.94. The van der Waals surface area contributed by atoms with E-state index in [9.17, 15) is 0 Å². The van der Waals surface area contributed by atoms with Gasteiger partial charge in [-0.2, -0.15) is 12.6 Å². The van der Waals surface area contributed by atoms with Gasteiger partial charge in [-0.3, -0.25) is 0 Å². The van der Waals surface area contributed by atoms with Crippen molar-refractivity contribution in [3.63, 3.8) is 0 Å². The molecular formula is C12H17NOS. The first-order valence-corrected chi connectivity index (χ1v) is 6.06. The molecule has 1 aliphatic rings. The maximum atomic E-state index is 6.05. The molecule has 15 heavy (non-hydrogen) atoms. The molecular weight excluding hydrogens is 206 g/mol. The van der Waals surface area contributed by atoms with E-state index in [4.69, 9.17) is 10.5 Å². The molecule has 0 amide bonds. The molecule has 0 aromatic heterocycles.